The van der Waals surface area contributed by atoms with E-state index in [0.29, 0.717) is 0 Å². The van der Waals surface area contributed by atoms with E-state index in [1.54, 1.807) is 12.5 Å². The van der Waals surface area contributed by atoms with Crippen molar-refractivity contribution in [3.8, 4) is 11.1 Å². The van der Waals surface area contributed by atoms with Crippen molar-refractivity contribution in [2.24, 2.45) is 0 Å². The molecule has 0 fully saturated rings. The largest absolute Gasteiger partial charge is 0.472 e. The first-order chi connectivity index (χ1) is 6.27. The fraction of sp³-hybridized carbons (Fsp3) is 0.0909. The SMILES string of the molecule is Cc1ccc(N)c(-c2ccoc2)c1. The van der Waals surface area contributed by atoms with Crippen LogP contribution in [0, 0.1) is 6.92 Å². The van der Waals surface area contributed by atoms with Crippen LogP contribution in [-0.4, -0.2) is 0 Å². The third-order valence-electron chi connectivity index (χ3n) is 2.04. The molecule has 2 heteroatoms. The maximum atomic E-state index is 5.84. The number of nitrogen functional groups attached to an aromatic ring is 1. The summed E-state index contributed by atoms with van der Waals surface area (Å²) in [7, 11) is 0. The lowest BCUT2D eigenvalue weighted by molar-refractivity contribution is 0.568. The van der Waals surface area contributed by atoms with E-state index in [1.807, 2.05) is 25.1 Å². The highest BCUT2D eigenvalue weighted by atomic mass is 16.3. The molecule has 0 amide bonds. The van der Waals surface area contributed by atoms with E-state index in [1.165, 1.54) is 5.56 Å². The van der Waals surface area contributed by atoms with Crippen LogP contribution in [-0.2, 0) is 0 Å². The van der Waals surface area contributed by atoms with Crippen molar-refractivity contribution in [3.05, 3.63) is 42.4 Å². The molecular weight excluding hydrogens is 162 g/mol. The number of aryl methyl sites for hydroxylation is 1. The molecule has 13 heavy (non-hydrogen) atoms. The van der Waals surface area contributed by atoms with Crippen LogP contribution in [0.2, 0.25) is 0 Å². The Balaban J connectivity index is 2.57. The van der Waals surface area contributed by atoms with E-state index in [4.69, 9.17) is 10.2 Å². The molecule has 1 aromatic heterocycles. The summed E-state index contributed by atoms with van der Waals surface area (Å²) in [4.78, 5) is 0. The van der Waals surface area contributed by atoms with Crippen molar-refractivity contribution in [1.82, 2.24) is 0 Å². The number of nitrogens with two attached hydrogens (primary N) is 1. The first-order valence-corrected chi connectivity index (χ1v) is 4.16. The Kier molecular flexibility index (Phi) is 1.81. The lowest BCUT2D eigenvalue weighted by atomic mass is 10.0. The lowest BCUT2D eigenvalue weighted by Crippen LogP contribution is -1.89. The molecule has 0 saturated carbocycles. The minimum absolute atomic E-state index is 0.784. The minimum Gasteiger partial charge on any atom is -0.472 e. The summed E-state index contributed by atoms with van der Waals surface area (Å²) in [6.45, 7) is 2.04. The second kappa shape index (κ2) is 2.98. The topological polar surface area (TPSA) is 39.2 Å². The van der Waals surface area contributed by atoms with Crippen molar-refractivity contribution >= 4 is 5.69 Å². The first-order valence-electron chi connectivity index (χ1n) is 4.16. The summed E-state index contributed by atoms with van der Waals surface area (Å²) < 4.78 is 5.01. The van der Waals surface area contributed by atoms with Gasteiger partial charge in [0.25, 0.3) is 0 Å². The molecule has 0 spiro atoms. The Morgan fingerprint density at radius 2 is 2.08 bits per heavy atom. The third kappa shape index (κ3) is 1.43. The van der Waals surface area contributed by atoms with Crippen molar-refractivity contribution in [3.63, 3.8) is 0 Å². The Bertz CT molecular complexity index is 404. The van der Waals surface area contributed by atoms with Gasteiger partial charge >= 0.3 is 0 Å². The van der Waals surface area contributed by atoms with Gasteiger partial charge in [-0.2, -0.15) is 0 Å². The van der Waals surface area contributed by atoms with E-state index in [2.05, 4.69) is 6.07 Å². The second-order valence-electron chi connectivity index (χ2n) is 3.10. The molecule has 0 bridgehead atoms. The molecular formula is C11H11NO. The molecule has 2 rings (SSSR count). The van der Waals surface area contributed by atoms with Crippen LogP contribution in [0.5, 0.6) is 0 Å². The predicted octanol–water partition coefficient (Wildman–Crippen LogP) is 2.84. The van der Waals surface area contributed by atoms with Crippen LogP contribution >= 0.6 is 0 Å². The average Bonchev–Trinajstić information content (AvgIpc) is 2.61. The van der Waals surface area contributed by atoms with Gasteiger partial charge < -0.3 is 10.2 Å². The number of furan rings is 1. The van der Waals surface area contributed by atoms with Crippen LogP contribution in [0.3, 0.4) is 0 Å². The van der Waals surface area contributed by atoms with Crippen molar-refractivity contribution in [2.75, 3.05) is 5.73 Å². The molecule has 2 aromatic rings. The summed E-state index contributed by atoms with van der Waals surface area (Å²) in [5.41, 5.74) is 9.89. The van der Waals surface area contributed by atoms with Crippen LogP contribution in [0.25, 0.3) is 11.1 Å². The Labute approximate surface area is 77.0 Å². The Morgan fingerprint density at radius 1 is 1.23 bits per heavy atom. The van der Waals surface area contributed by atoms with Gasteiger partial charge in [-0.15, -0.1) is 0 Å². The van der Waals surface area contributed by atoms with Crippen LogP contribution in [0.4, 0.5) is 5.69 Å². The fourth-order valence-corrected chi connectivity index (χ4v) is 1.34. The van der Waals surface area contributed by atoms with Crippen molar-refractivity contribution in [2.45, 2.75) is 6.92 Å². The summed E-state index contributed by atoms with van der Waals surface area (Å²) in [5, 5.41) is 0. The first kappa shape index (κ1) is 7.92. The van der Waals surface area contributed by atoms with Crippen LogP contribution in [0.1, 0.15) is 5.56 Å². The number of benzene rings is 1. The number of hydrogen-bond acceptors (Lipinski definition) is 2. The zero-order valence-corrected chi connectivity index (χ0v) is 7.45. The fourth-order valence-electron chi connectivity index (χ4n) is 1.34. The molecule has 0 saturated heterocycles. The monoisotopic (exact) mass is 173 g/mol. The highest BCUT2D eigenvalue weighted by molar-refractivity contribution is 5.76. The van der Waals surface area contributed by atoms with Gasteiger partial charge in [-0.25, -0.2) is 0 Å². The zero-order valence-electron chi connectivity index (χ0n) is 7.45. The third-order valence-corrected chi connectivity index (χ3v) is 2.04. The van der Waals surface area contributed by atoms with Gasteiger partial charge in [-0.05, 0) is 25.1 Å². The van der Waals surface area contributed by atoms with E-state index in [9.17, 15) is 0 Å². The minimum atomic E-state index is 0.784. The summed E-state index contributed by atoms with van der Waals surface area (Å²) in [6, 6.07) is 7.88. The normalized spacial score (nSPS) is 10.2. The standard InChI is InChI=1S/C11H11NO/c1-8-2-3-11(12)10(6-8)9-4-5-13-7-9/h2-7H,12H2,1H3. The van der Waals surface area contributed by atoms with Crippen LogP contribution in [0.15, 0.2) is 41.2 Å². The van der Waals surface area contributed by atoms with Gasteiger partial charge in [-0.3, -0.25) is 0 Å². The summed E-state index contributed by atoms with van der Waals surface area (Å²) in [5.74, 6) is 0. The van der Waals surface area contributed by atoms with Gasteiger partial charge in [0, 0.05) is 16.8 Å². The van der Waals surface area contributed by atoms with Gasteiger partial charge in [0.15, 0.2) is 0 Å². The van der Waals surface area contributed by atoms with Gasteiger partial charge in [-0.1, -0.05) is 11.6 Å². The van der Waals surface area contributed by atoms with E-state index in [-0.39, 0.29) is 0 Å². The molecule has 0 aliphatic carbocycles. The predicted molar refractivity (Wildman–Crippen MR) is 53.3 cm³/mol. The molecule has 0 aliphatic heterocycles. The number of anilines is 1. The highest BCUT2D eigenvalue weighted by Crippen LogP contribution is 2.26. The molecule has 66 valence electrons. The smallest absolute Gasteiger partial charge is 0.0981 e. The van der Waals surface area contributed by atoms with Crippen LogP contribution < -0.4 is 5.73 Å². The molecule has 0 radical (unpaired) electrons. The van der Waals surface area contributed by atoms with E-state index < -0.39 is 0 Å². The molecule has 0 aliphatic rings. The maximum absolute atomic E-state index is 5.84. The maximum Gasteiger partial charge on any atom is 0.0981 e. The van der Waals surface area contributed by atoms with Gasteiger partial charge in [0.05, 0.1) is 12.5 Å². The molecule has 2 N–H and O–H groups in total. The molecule has 1 aromatic carbocycles. The zero-order chi connectivity index (χ0) is 9.26. The lowest BCUT2D eigenvalue weighted by Gasteiger charge is -2.03. The quantitative estimate of drug-likeness (QED) is 0.673. The summed E-state index contributed by atoms with van der Waals surface area (Å²) in [6.07, 6.45) is 3.35. The Morgan fingerprint density at radius 3 is 2.77 bits per heavy atom. The molecule has 0 atom stereocenters. The van der Waals surface area contributed by atoms with Gasteiger partial charge in [0.1, 0.15) is 0 Å². The second-order valence-corrected chi connectivity index (χ2v) is 3.10. The molecule has 0 unspecified atom stereocenters. The average molecular weight is 173 g/mol. The Hall–Kier alpha value is -1.70. The molecule has 1 heterocycles. The van der Waals surface area contributed by atoms with Crippen molar-refractivity contribution in [1.29, 1.82) is 0 Å². The van der Waals surface area contributed by atoms with E-state index >= 15 is 0 Å². The number of hydrogen-bond donors (Lipinski definition) is 1. The van der Waals surface area contributed by atoms with E-state index in [0.717, 1.165) is 16.8 Å². The number of rotatable bonds is 1. The molecule has 2 nitrogen and oxygen atoms in total. The van der Waals surface area contributed by atoms with Crippen molar-refractivity contribution < 1.29 is 4.42 Å². The summed E-state index contributed by atoms with van der Waals surface area (Å²) >= 11 is 0. The van der Waals surface area contributed by atoms with Gasteiger partial charge in [0.2, 0.25) is 0 Å². The highest BCUT2D eigenvalue weighted by Gasteiger charge is 2.03.